The van der Waals surface area contributed by atoms with E-state index in [2.05, 4.69) is 19.9 Å². The normalized spacial score (nSPS) is 11.7. The highest BCUT2D eigenvalue weighted by molar-refractivity contribution is 7.92. The van der Waals surface area contributed by atoms with Gasteiger partial charge in [0, 0.05) is 30.2 Å². The summed E-state index contributed by atoms with van der Waals surface area (Å²) < 4.78 is 26.3. The minimum atomic E-state index is -3.93. The Bertz CT molecular complexity index is 730. The summed E-state index contributed by atoms with van der Waals surface area (Å²) in [5, 5.41) is 6.58. The largest absolute Gasteiger partial charge is 0.366 e. The summed E-state index contributed by atoms with van der Waals surface area (Å²) in [5.74, 6) is 0.359. The van der Waals surface area contributed by atoms with Crippen molar-refractivity contribution in [2.24, 2.45) is 0 Å². The Balaban J connectivity index is 2.31. The molecule has 102 valence electrons. The molecule has 0 aromatic carbocycles. The van der Waals surface area contributed by atoms with Crippen LogP contribution in [-0.2, 0) is 10.0 Å². The Labute approximate surface area is 110 Å². The number of hydrogen-bond donors (Lipinski definition) is 3. The highest BCUT2D eigenvalue weighted by atomic mass is 32.2. The molecule has 0 saturated carbocycles. The molecule has 0 aliphatic heterocycles. The van der Waals surface area contributed by atoms with Gasteiger partial charge in [-0.25, -0.2) is 8.42 Å². The van der Waals surface area contributed by atoms with Gasteiger partial charge in [-0.2, -0.15) is 5.10 Å². The fraction of sp³-hybridized carbons (Fsp3) is 0.273. The number of pyridine rings is 1. The average molecular weight is 282 g/mol. The summed E-state index contributed by atoms with van der Waals surface area (Å²) in [6.07, 6.45) is 2.51. The molecule has 2 rings (SSSR count). The van der Waals surface area contributed by atoms with E-state index in [4.69, 9.17) is 0 Å². The Kier molecular flexibility index (Phi) is 3.43. The van der Waals surface area contributed by atoms with E-state index in [0.717, 1.165) is 18.0 Å². The molecule has 3 N–H and O–H groups in total. The van der Waals surface area contributed by atoms with Crippen LogP contribution in [0.3, 0.4) is 0 Å². The third kappa shape index (κ3) is 2.84. The van der Waals surface area contributed by atoms with Gasteiger partial charge in [0.1, 0.15) is 0 Å². The van der Waals surface area contributed by atoms with Crippen molar-refractivity contribution in [1.82, 2.24) is 15.2 Å². The summed E-state index contributed by atoms with van der Waals surface area (Å²) in [4.78, 5) is 13.7. The SMILES string of the molecule is CC(C)c1cc(NS(=O)(=O)c2c[nH]ccc2=O)n[nH]1. The lowest BCUT2D eigenvalue weighted by atomic mass is 10.1. The monoisotopic (exact) mass is 282 g/mol. The molecule has 2 heterocycles. The van der Waals surface area contributed by atoms with Gasteiger partial charge in [0.15, 0.2) is 10.7 Å². The van der Waals surface area contributed by atoms with Crippen LogP contribution in [0.5, 0.6) is 0 Å². The fourth-order valence-corrected chi connectivity index (χ4v) is 2.53. The van der Waals surface area contributed by atoms with Crippen molar-refractivity contribution in [1.29, 1.82) is 0 Å². The number of sulfonamides is 1. The van der Waals surface area contributed by atoms with E-state index in [1.54, 1.807) is 6.07 Å². The van der Waals surface area contributed by atoms with Gasteiger partial charge < -0.3 is 4.98 Å². The quantitative estimate of drug-likeness (QED) is 0.778. The molecule has 0 radical (unpaired) electrons. The third-order valence-electron chi connectivity index (χ3n) is 2.54. The van der Waals surface area contributed by atoms with Crippen molar-refractivity contribution in [3.05, 3.63) is 40.4 Å². The van der Waals surface area contributed by atoms with Crippen LogP contribution in [0.1, 0.15) is 25.5 Å². The Hall–Kier alpha value is -2.09. The lowest BCUT2D eigenvalue weighted by Gasteiger charge is -2.03. The molecule has 0 saturated heterocycles. The van der Waals surface area contributed by atoms with Crippen LogP contribution in [0, 0.1) is 0 Å². The molecule has 0 atom stereocenters. The summed E-state index contributed by atoms with van der Waals surface area (Å²) in [7, 11) is -3.93. The molecule has 7 nitrogen and oxygen atoms in total. The number of nitrogens with one attached hydrogen (secondary N) is 3. The maximum atomic E-state index is 12.0. The lowest BCUT2D eigenvalue weighted by molar-refractivity contribution is 0.600. The summed E-state index contributed by atoms with van der Waals surface area (Å²) in [5.41, 5.74) is 0.227. The Morgan fingerprint density at radius 3 is 2.68 bits per heavy atom. The first kappa shape index (κ1) is 13.3. The molecule has 0 spiro atoms. The molecule has 0 fully saturated rings. The summed E-state index contributed by atoms with van der Waals surface area (Å²) >= 11 is 0. The van der Waals surface area contributed by atoms with Crippen molar-refractivity contribution >= 4 is 15.8 Å². The first-order chi connectivity index (χ1) is 8.90. The number of aromatic nitrogens is 3. The van der Waals surface area contributed by atoms with Crippen molar-refractivity contribution in [2.75, 3.05) is 4.72 Å². The van der Waals surface area contributed by atoms with Crippen molar-refractivity contribution in [2.45, 2.75) is 24.7 Å². The molecular formula is C11H14N4O3S. The van der Waals surface area contributed by atoms with Crippen molar-refractivity contribution in [3.63, 3.8) is 0 Å². The van der Waals surface area contributed by atoms with Gasteiger partial charge in [-0.3, -0.25) is 14.6 Å². The average Bonchev–Trinajstić information content (AvgIpc) is 2.77. The molecule has 0 aliphatic rings. The van der Waals surface area contributed by atoms with E-state index in [-0.39, 0.29) is 16.6 Å². The van der Waals surface area contributed by atoms with Crippen molar-refractivity contribution < 1.29 is 8.42 Å². The molecule has 2 aromatic heterocycles. The number of anilines is 1. The topological polar surface area (TPSA) is 108 Å². The van der Waals surface area contributed by atoms with Crippen LogP contribution >= 0.6 is 0 Å². The zero-order valence-corrected chi connectivity index (χ0v) is 11.3. The van der Waals surface area contributed by atoms with Crippen LogP contribution in [0.4, 0.5) is 5.82 Å². The van der Waals surface area contributed by atoms with Gasteiger partial charge in [-0.1, -0.05) is 13.8 Å². The van der Waals surface area contributed by atoms with Gasteiger partial charge in [0.25, 0.3) is 10.0 Å². The Morgan fingerprint density at radius 1 is 1.37 bits per heavy atom. The number of aromatic amines is 2. The van der Waals surface area contributed by atoms with Gasteiger partial charge in [0.2, 0.25) is 5.43 Å². The second-order valence-corrected chi connectivity index (χ2v) is 5.99. The minimum Gasteiger partial charge on any atom is -0.366 e. The number of H-pyrrole nitrogens is 2. The van der Waals surface area contributed by atoms with E-state index in [9.17, 15) is 13.2 Å². The van der Waals surface area contributed by atoms with Crippen molar-refractivity contribution in [3.8, 4) is 0 Å². The van der Waals surface area contributed by atoms with Crippen LogP contribution in [0.15, 0.2) is 34.2 Å². The summed E-state index contributed by atoms with van der Waals surface area (Å²) in [6.45, 7) is 3.90. The number of hydrogen-bond acceptors (Lipinski definition) is 4. The van der Waals surface area contributed by atoms with E-state index in [1.165, 1.54) is 6.20 Å². The second-order valence-electron chi connectivity index (χ2n) is 4.34. The molecule has 0 aliphatic carbocycles. The summed E-state index contributed by atoms with van der Waals surface area (Å²) in [6, 6.07) is 2.75. The second kappa shape index (κ2) is 4.88. The van der Waals surface area contributed by atoms with Crippen LogP contribution in [0.25, 0.3) is 0 Å². The highest BCUT2D eigenvalue weighted by Gasteiger charge is 2.19. The van der Waals surface area contributed by atoms with E-state index in [0.29, 0.717) is 0 Å². The maximum absolute atomic E-state index is 12.0. The molecular weight excluding hydrogens is 268 g/mol. The van der Waals surface area contributed by atoms with E-state index < -0.39 is 15.5 Å². The van der Waals surface area contributed by atoms with Gasteiger partial charge >= 0.3 is 0 Å². The molecule has 0 amide bonds. The number of nitrogens with zero attached hydrogens (tertiary/aromatic N) is 1. The maximum Gasteiger partial charge on any atom is 0.268 e. The first-order valence-electron chi connectivity index (χ1n) is 5.65. The molecule has 0 bridgehead atoms. The standard InChI is InChI=1S/C11H14N4O3S/c1-7(2)8-5-11(14-13-8)15-19(17,18)10-6-12-4-3-9(10)16/h3-7H,1-2H3,(H,12,16)(H2,13,14,15). The van der Waals surface area contributed by atoms with E-state index >= 15 is 0 Å². The highest BCUT2D eigenvalue weighted by Crippen LogP contribution is 2.16. The van der Waals surface area contributed by atoms with Crippen LogP contribution in [-0.4, -0.2) is 23.6 Å². The van der Waals surface area contributed by atoms with Crippen LogP contribution in [0.2, 0.25) is 0 Å². The number of rotatable bonds is 4. The van der Waals surface area contributed by atoms with E-state index in [1.807, 2.05) is 13.8 Å². The third-order valence-corrected chi connectivity index (χ3v) is 3.91. The lowest BCUT2D eigenvalue weighted by Crippen LogP contribution is -2.21. The smallest absolute Gasteiger partial charge is 0.268 e. The zero-order chi connectivity index (χ0) is 14.0. The molecule has 0 unspecified atom stereocenters. The van der Waals surface area contributed by atoms with Gasteiger partial charge in [0.05, 0.1) is 0 Å². The predicted octanol–water partition coefficient (Wildman–Crippen LogP) is 1.02. The fourth-order valence-electron chi connectivity index (χ4n) is 1.49. The first-order valence-corrected chi connectivity index (χ1v) is 7.13. The zero-order valence-electron chi connectivity index (χ0n) is 10.5. The molecule has 2 aromatic rings. The van der Waals surface area contributed by atoms with Gasteiger partial charge in [-0.15, -0.1) is 0 Å². The molecule has 19 heavy (non-hydrogen) atoms. The molecule has 8 heteroatoms. The minimum absolute atomic E-state index is 0.159. The van der Waals surface area contributed by atoms with Gasteiger partial charge in [-0.05, 0) is 5.92 Å². The van der Waals surface area contributed by atoms with Crippen LogP contribution < -0.4 is 10.2 Å². The predicted molar refractivity (Wildman–Crippen MR) is 70.5 cm³/mol. The Morgan fingerprint density at radius 2 is 2.11 bits per heavy atom.